The first-order valence-corrected chi connectivity index (χ1v) is 4.56. The number of ether oxygens (including phenoxy) is 3. The highest BCUT2D eigenvalue weighted by Crippen LogP contribution is 2.31. The third-order valence-electron chi connectivity index (χ3n) is 2.69. The van der Waals surface area contributed by atoms with Gasteiger partial charge in [-0.15, -0.1) is 0 Å². The molecule has 0 spiro atoms. The van der Waals surface area contributed by atoms with Gasteiger partial charge in [0.05, 0.1) is 6.10 Å². The average molecular weight is 206 g/mol. The molecule has 5 heteroatoms. The maximum Gasteiger partial charge on any atom is 0.186 e. The van der Waals surface area contributed by atoms with Crippen molar-refractivity contribution in [3.8, 4) is 0 Å². The van der Waals surface area contributed by atoms with Crippen molar-refractivity contribution in [3.05, 3.63) is 0 Å². The van der Waals surface area contributed by atoms with Crippen molar-refractivity contribution < 1.29 is 24.4 Å². The van der Waals surface area contributed by atoms with E-state index >= 15 is 0 Å². The second-order valence-corrected chi connectivity index (χ2v) is 3.77. The molecule has 0 aromatic heterocycles. The predicted octanol–water partition coefficient (Wildman–Crippen LogP) is -0.496. The summed E-state index contributed by atoms with van der Waals surface area (Å²) in [6.07, 6.45) is -2.83. The van der Waals surface area contributed by atoms with Crippen LogP contribution in [0.25, 0.3) is 0 Å². The largest absolute Gasteiger partial charge is 0.385 e. The zero-order valence-electron chi connectivity index (χ0n) is 8.93. The molecule has 0 aromatic carbocycles. The minimum absolute atomic E-state index is 0.330. The Morgan fingerprint density at radius 1 is 1.29 bits per heavy atom. The maximum absolute atomic E-state index is 10.0. The topological polar surface area (TPSA) is 68.2 Å². The molecule has 14 heavy (non-hydrogen) atoms. The maximum atomic E-state index is 10.0. The summed E-state index contributed by atoms with van der Waals surface area (Å²) in [6, 6.07) is 0. The van der Waals surface area contributed by atoms with E-state index in [1.165, 1.54) is 21.1 Å². The molecule has 5 atom stereocenters. The highest BCUT2D eigenvalue weighted by Gasteiger charge is 2.51. The van der Waals surface area contributed by atoms with Crippen molar-refractivity contribution in [2.75, 3.05) is 14.2 Å². The van der Waals surface area contributed by atoms with Gasteiger partial charge in [-0.2, -0.15) is 0 Å². The highest BCUT2D eigenvalue weighted by atomic mass is 16.7. The van der Waals surface area contributed by atoms with Gasteiger partial charge in [0.1, 0.15) is 17.8 Å². The summed E-state index contributed by atoms with van der Waals surface area (Å²) < 4.78 is 15.3. The van der Waals surface area contributed by atoms with Crippen molar-refractivity contribution in [1.29, 1.82) is 0 Å². The fourth-order valence-corrected chi connectivity index (χ4v) is 1.89. The van der Waals surface area contributed by atoms with E-state index in [-0.39, 0.29) is 6.10 Å². The van der Waals surface area contributed by atoms with Crippen molar-refractivity contribution in [2.24, 2.45) is 0 Å². The molecule has 1 rings (SSSR count). The lowest BCUT2D eigenvalue weighted by Gasteiger charge is -2.46. The van der Waals surface area contributed by atoms with Gasteiger partial charge in [-0.3, -0.25) is 0 Å². The molecule has 0 unspecified atom stereocenters. The zero-order valence-corrected chi connectivity index (χ0v) is 8.93. The minimum atomic E-state index is -1.37. The van der Waals surface area contributed by atoms with E-state index in [0.29, 0.717) is 0 Å². The van der Waals surface area contributed by atoms with Crippen molar-refractivity contribution in [3.63, 3.8) is 0 Å². The Kier molecular flexibility index (Phi) is 3.49. The first-order chi connectivity index (χ1) is 6.45. The van der Waals surface area contributed by atoms with Crippen molar-refractivity contribution in [1.82, 2.24) is 0 Å². The summed E-state index contributed by atoms with van der Waals surface area (Å²) in [5.74, 6) is 0. The van der Waals surface area contributed by atoms with Gasteiger partial charge in [0, 0.05) is 14.2 Å². The summed E-state index contributed by atoms with van der Waals surface area (Å²) in [7, 11) is 2.89. The SMILES string of the molecule is CO[C@@H]1O[C@@H](C)[C@@H](OC)[C@@](C)(O)[C@H]1O. The highest BCUT2D eigenvalue weighted by molar-refractivity contribution is 4.98. The molecule has 1 fully saturated rings. The Labute approximate surface area is 83.6 Å². The molecule has 0 radical (unpaired) electrons. The van der Waals surface area contributed by atoms with Gasteiger partial charge in [-0.1, -0.05) is 0 Å². The van der Waals surface area contributed by atoms with Crippen LogP contribution in [0.15, 0.2) is 0 Å². The Balaban J connectivity index is 2.85. The molecule has 0 bridgehead atoms. The number of rotatable bonds is 2. The van der Waals surface area contributed by atoms with Gasteiger partial charge in [-0.05, 0) is 13.8 Å². The Morgan fingerprint density at radius 3 is 2.29 bits per heavy atom. The number of aliphatic hydroxyl groups excluding tert-OH is 1. The number of hydrogen-bond acceptors (Lipinski definition) is 5. The second-order valence-electron chi connectivity index (χ2n) is 3.77. The molecule has 1 aliphatic rings. The molecule has 84 valence electrons. The van der Waals surface area contributed by atoms with Gasteiger partial charge in [0.15, 0.2) is 6.29 Å². The van der Waals surface area contributed by atoms with Crippen LogP contribution in [-0.4, -0.2) is 54.6 Å². The summed E-state index contributed by atoms with van der Waals surface area (Å²) in [4.78, 5) is 0. The first kappa shape index (κ1) is 11.9. The van der Waals surface area contributed by atoms with Crippen LogP contribution < -0.4 is 0 Å². The Bertz CT molecular complexity index is 194. The van der Waals surface area contributed by atoms with E-state index in [0.717, 1.165) is 0 Å². The molecule has 1 saturated heterocycles. The van der Waals surface area contributed by atoms with Crippen LogP contribution in [0.3, 0.4) is 0 Å². The molecular formula is C9H18O5. The second kappa shape index (κ2) is 4.12. The van der Waals surface area contributed by atoms with Crippen molar-refractivity contribution in [2.45, 2.75) is 44.1 Å². The lowest BCUT2D eigenvalue weighted by Crippen LogP contribution is -2.65. The normalized spacial score (nSPS) is 49.3. The predicted molar refractivity (Wildman–Crippen MR) is 48.8 cm³/mol. The standard InChI is InChI=1S/C9H18O5/c1-5-7(12-3)9(2,11)6(10)8(13-4)14-5/h5-8,10-11H,1-4H3/t5-,6-,7+,8+,9-/m0/s1. The van der Waals surface area contributed by atoms with Gasteiger partial charge < -0.3 is 24.4 Å². The smallest absolute Gasteiger partial charge is 0.186 e. The lowest BCUT2D eigenvalue weighted by atomic mass is 9.86. The summed E-state index contributed by atoms with van der Waals surface area (Å²) in [6.45, 7) is 3.28. The zero-order chi connectivity index (χ0) is 10.9. The van der Waals surface area contributed by atoms with E-state index < -0.39 is 24.1 Å². The lowest BCUT2D eigenvalue weighted by molar-refractivity contribution is -0.319. The number of methoxy groups -OCH3 is 2. The molecular weight excluding hydrogens is 188 g/mol. The number of aliphatic hydroxyl groups is 2. The van der Waals surface area contributed by atoms with Crippen LogP contribution in [0.2, 0.25) is 0 Å². The fourth-order valence-electron chi connectivity index (χ4n) is 1.89. The molecule has 0 aliphatic carbocycles. The van der Waals surface area contributed by atoms with E-state index in [4.69, 9.17) is 14.2 Å². The monoisotopic (exact) mass is 206 g/mol. The molecule has 0 amide bonds. The number of hydrogen-bond donors (Lipinski definition) is 2. The summed E-state index contributed by atoms with van der Waals surface area (Å²) in [5.41, 5.74) is -1.37. The van der Waals surface area contributed by atoms with Crippen LogP contribution in [0.1, 0.15) is 13.8 Å². The van der Waals surface area contributed by atoms with Gasteiger partial charge in [0.2, 0.25) is 0 Å². The Morgan fingerprint density at radius 2 is 1.86 bits per heavy atom. The van der Waals surface area contributed by atoms with Crippen LogP contribution in [0.4, 0.5) is 0 Å². The van der Waals surface area contributed by atoms with Crippen LogP contribution in [0, 0.1) is 0 Å². The third kappa shape index (κ3) is 1.78. The quantitative estimate of drug-likeness (QED) is 0.638. The molecule has 5 nitrogen and oxygen atoms in total. The van der Waals surface area contributed by atoms with Crippen LogP contribution in [-0.2, 0) is 14.2 Å². The van der Waals surface area contributed by atoms with Crippen LogP contribution >= 0.6 is 0 Å². The molecule has 1 heterocycles. The summed E-state index contributed by atoms with van der Waals surface area (Å²) >= 11 is 0. The minimum Gasteiger partial charge on any atom is -0.385 e. The molecule has 0 saturated carbocycles. The van der Waals surface area contributed by atoms with E-state index in [1.807, 2.05) is 0 Å². The molecule has 2 N–H and O–H groups in total. The molecule has 0 aromatic rings. The van der Waals surface area contributed by atoms with Crippen LogP contribution in [0.5, 0.6) is 0 Å². The van der Waals surface area contributed by atoms with Gasteiger partial charge >= 0.3 is 0 Å². The van der Waals surface area contributed by atoms with E-state index in [2.05, 4.69) is 0 Å². The van der Waals surface area contributed by atoms with Gasteiger partial charge in [-0.25, -0.2) is 0 Å². The Hall–Kier alpha value is -0.200. The fraction of sp³-hybridized carbons (Fsp3) is 1.00. The molecule has 1 aliphatic heterocycles. The van der Waals surface area contributed by atoms with Gasteiger partial charge in [0.25, 0.3) is 0 Å². The van der Waals surface area contributed by atoms with Crippen molar-refractivity contribution >= 4 is 0 Å². The van der Waals surface area contributed by atoms with E-state index in [1.54, 1.807) is 6.92 Å². The van der Waals surface area contributed by atoms with E-state index in [9.17, 15) is 10.2 Å². The third-order valence-corrected chi connectivity index (χ3v) is 2.69. The average Bonchev–Trinajstić information content (AvgIpc) is 2.12. The first-order valence-electron chi connectivity index (χ1n) is 4.56. The summed E-state index contributed by atoms with van der Waals surface area (Å²) in [5, 5.41) is 19.8.